The van der Waals surface area contributed by atoms with Crippen LogP contribution in [0, 0.1) is 0 Å². The number of methoxy groups -OCH3 is 1. The number of esters is 1. The minimum Gasteiger partial charge on any atom is -0.491 e. The highest BCUT2D eigenvalue weighted by atomic mass is 16.5. The molecule has 0 aliphatic heterocycles. The fraction of sp³-hybridized carbons (Fsp3) is 0.462. The van der Waals surface area contributed by atoms with Crippen LogP contribution in [0.2, 0.25) is 0 Å². The molecule has 0 aliphatic carbocycles. The summed E-state index contributed by atoms with van der Waals surface area (Å²) in [5.74, 6) is -0.454. The fourth-order valence-corrected chi connectivity index (χ4v) is 1.51. The molecule has 1 rings (SSSR count). The van der Waals surface area contributed by atoms with Gasteiger partial charge in [0, 0.05) is 5.56 Å². The van der Waals surface area contributed by atoms with Crippen LogP contribution in [0.1, 0.15) is 25.5 Å². The Morgan fingerprint density at radius 1 is 1.22 bits per heavy atom. The molecule has 1 aromatic rings. The normalized spacial score (nSPS) is 14.1. The summed E-state index contributed by atoms with van der Waals surface area (Å²) in [6.45, 7) is 3.69. The van der Waals surface area contributed by atoms with Gasteiger partial charge in [0.15, 0.2) is 6.10 Å². The van der Waals surface area contributed by atoms with Gasteiger partial charge < -0.3 is 19.7 Å². The van der Waals surface area contributed by atoms with E-state index in [0.717, 1.165) is 7.11 Å². The molecule has 2 N–H and O–H groups in total. The van der Waals surface area contributed by atoms with E-state index in [2.05, 4.69) is 4.74 Å². The summed E-state index contributed by atoms with van der Waals surface area (Å²) in [5, 5.41) is 19.6. The van der Waals surface area contributed by atoms with E-state index >= 15 is 0 Å². The second kappa shape index (κ2) is 6.37. The Kier molecular flexibility index (Phi) is 5.12. The number of hydrogen-bond acceptors (Lipinski definition) is 5. The van der Waals surface area contributed by atoms with Gasteiger partial charge >= 0.3 is 5.97 Å². The lowest BCUT2D eigenvalue weighted by Gasteiger charge is -2.20. The van der Waals surface area contributed by atoms with Crippen molar-refractivity contribution in [2.75, 3.05) is 7.11 Å². The number of carbonyl (C=O) groups is 1. The number of aliphatic hydroxyl groups is 2. The summed E-state index contributed by atoms with van der Waals surface area (Å²) < 4.78 is 9.89. The summed E-state index contributed by atoms with van der Waals surface area (Å²) >= 11 is 0. The van der Waals surface area contributed by atoms with Crippen molar-refractivity contribution in [3.63, 3.8) is 0 Å². The first-order chi connectivity index (χ1) is 8.47. The zero-order valence-corrected chi connectivity index (χ0v) is 10.7. The Balaban J connectivity index is 2.97. The van der Waals surface area contributed by atoms with Crippen LogP contribution in [0.5, 0.6) is 5.75 Å². The van der Waals surface area contributed by atoms with Crippen LogP contribution in [0.4, 0.5) is 0 Å². The van der Waals surface area contributed by atoms with Gasteiger partial charge in [-0.1, -0.05) is 18.2 Å². The van der Waals surface area contributed by atoms with Crippen LogP contribution in [0.3, 0.4) is 0 Å². The molecule has 1 aromatic carbocycles. The second-order valence-electron chi connectivity index (χ2n) is 4.12. The molecule has 0 radical (unpaired) electrons. The molecule has 100 valence electrons. The third kappa shape index (κ3) is 3.45. The number of rotatable bonds is 5. The Hall–Kier alpha value is -1.59. The van der Waals surface area contributed by atoms with E-state index in [1.165, 1.54) is 0 Å². The molecule has 0 saturated heterocycles. The van der Waals surface area contributed by atoms with Crippen LogP contribution < -0.4 is 4.74 Å². The zero-order valence-electron chi connectivity index (χ0n) is 10.7. The van der Waals surface area contributed by atoms with Crippen molar-refractivity contribution in [2.45, 2.75) is 32.2 Å². The number of aliphatic hydroxyl groups excluding tert-OH is 2. The molecular formula is C13H18O5. The molecule has 0 fully saturated rings. The summed E-state index contributed by atoms with van der Waals surface area (Å²) in [4.78, 5) is 11.2. The van der Waals surface area contributed by atoms with Gasteiger partial charge in [-0.25, -0.2) is 4.79 Å². The number of para-hydroxylation sites is 1. The Morgan fingerprint density at radius 2 is 1.83 bits per heavy atom. The van der Waals surface area contributed by atoms with Gasteiger partial charge in [-0.05, 0) is 19.9 Å². The van der Waals surface area contributed by atoms with Gasteiger partial charge in [0.2, 0.25) is 0 Å². The van der Waals surface area contributed by atoms with E-state index in [0.29, 0.717) is 11.3 Å². The summed E-state index contributed by atoms with van der Waals surface area (Å²) in [5.41, 5.74) is 0.351. The number of benzene rings is 1. The maximum atomic E-state index is 11.2. The van der Waals surface area contributed by atoms with Gasteiger partial charge in [0.05, 0.1) is 13.2 Å². The molecule has 0 bridgehead atoms. The third-order valence-corrected chi connectivity index (χ3v) is 2.34. The lowest BCUT2D eigenvalue weighted by atomic mass is 10.0. The smallest absolute Gasteiger partial charge is 0.337 e. The molecule has 0 aromatic heterocycles. The van der Waals surface area contributed by atoms with Gasteiger partial charge in [-0.2, -0.15) is 0 Å². The van der Waals surface area contributed by atoms with E-state index in [9.17, 15) is 15.0 Å². The predicted molar refractivity (Wildman–Crippen MR) is 65.2 cm³/mol. The van der Waals surface area contributed by atoms with Crippen molar-refractivity contribution >= 4 is 5.97 Å². The Labute approximate surface area is 106 Å². The lowest BCUT2D eigenvalue weighted by Crippen LogP contribution is -2.29. The highest BCUT2D eigenvalue weighted by molar-refractivity contribution is 5.75. The monoisotopic (exact) mass is 254 g/mol. The zero-order chi connectivity index (χ0) is 13.7. The number of carbonyl (C=O) groups excluding carboxylic acids is 1. The quantitative estimate of drug-likeness (QED) is 0.768. The molecule has 0 heterocycles. The van der Waals surface area contributed by atoms with Gasteiger partial charge in [-0.15, -0.1) is 0 Å². The van der Waals surface area contributed by atoms with E-state index < -0.39 is 18.2 Å². The first kappa shape index (κ1) is 14.5. The molecule has 5 heteroatoms. The van der Waals surface area contributed by atoms with Crippen molar-refractivity contribution in [3.05, 3.63) is 29.8 Å². The Morgan fingerprint density at radius 3 is 2.39 bits per heavy atom. The Bertz CT molecular complexity index is 402. The third-order valence-electron chi connectivity index (χ3n) is 2.34. The first-order valence-electron chi connectivity index (χ1n) is 5.67. The topological polar surface area (TPSA) is 76.0 Å². The van der Waals surface area contributed by atoms with Gasteiger partial charge in [0.1, 0.15) is 11.9 Å². The van der Waals surface area contributed by atoms with Crippen LogP contribution in [0.25, 0.3) is 0 Å². The van der Waals surface area contributed by atoms with Crippen molar-refractivity contribution in [1.29, 1.82) is 0 Å². The van der Waals surface area contributed by atoms with Crippen LogP contribution in [-0.2, 0) is 9.53 Å². The van der Waals surface area contributed by atoms with E-state index in [1.54, 1.807) is 24.3 Å². The molecule has 0 aliphatic rings. The maximum absolute atomic E-state index is 11.2. The summed E-state index contributed by atoms with van der Waals surface area (Å²) in [6, 6.07) is 6.70. The summed E-state index contributed by atoms with van der Waals surface area (Å²) in [6.07, 6.45) is -3.09. The molecule has 0 saturated carbocycles. The van der Waals surface area contributed by atoms with Gasteiger partial charge in [0.25, 0.3) is 0 Å². The number of hydrogen-bond donors (Lipinski definition) is 2. The van der Waals surface area contributed by atoms with E-state index in [-0.39, 0.29) is 6.10 Å². The molecule has 5 nitrogen and oxygen atoms in total. The minimum absolute atomic E-state index is 0.0754. The SMILES string of the molecule is COC(=O)C(O)C(O)c1ccccc1OC(C)C. The molecule has 18 heavy (non-hydrogen) atoms. The van der Waals surface area contributed by atoms with Crippen LogP contribution in [0.15, 0.2) is 24.3 Å². The minimum atomic E-state index is -1.63. The highest BCUT2D eigenvalue weighted by Gasteiger charge is 2.28. The van der Waals surface area contributed by atoms with Crippen molar-refractivity contribution in [3.8, 4) is 5.75 Å². The average Bonchev–Trinajstić information content (AvgIpc) is 2.36. The molecule has 2 unspecified atom stereocenters. The van der Waals surface area contributed by atoms with Crippen LogP contribution >= 0.6 is 0 Å². The second-order valence-corrected chi connectivity index (χ2v) is 4.12. The molecular weight excluding hydrogens is 236 g/mol. The van der Waals surface area contributed by atoms with Gasteiger partial charge in [-0.3, -0.25) is 0 Å². The fourth-order valence-electron chi connectivity index (χ4n) is 1.51. The molecule has 0 spiro atoms. The molecule has 0 amide bonds. The summed E-state index contributed by atoms with van der Waals surface area (Å²) in [7, 11) is 1.15. The number of ether oxygens (including phenoxy) is 2. The van der Waals surface area contributed by atoms with E-state index in [4.69, 9.17) is 4.74 Å². The van der Waals surface area contributed by atoms with Crippen molar-refractivity contribution in [2.24, 2.45) is 0 Å². The first-order valence-corrected chi connectivity index (χ1v) is 5.67. The average molecular weight is 254 g/mol. The van der Waals surface area contributed by atoms with E-state index in [1.807, 2.05) is 13.8 Å². The lowest BCUT2D eigenvalue weighted by molar-refractivity contribution is -0.156. The van der Waals surface area contributed by atoms with Crippen molar-refractivity contribution in [1.82, 2.24) is 0 Å². The highest BCUT2D eigenvalue weighted by Crippen LogP contribution is 2.28. The largest absolute Gasteiger partial charge is 0.491 e. The van der Waals surface area contributed by atoms with Crippen molar-refractivity contribution < 1.29 is 24.5 Å². The van der Waals surface area contributed by atoms with Crippen LogP contribution in [-0.4, -0.2) is 35.5 Å². The predicted octanol–water partition coefficient (Wildman–Crippen LogP) is 1.04. The molecule has 2 atom stereocenters. The maximum Gasteiger partial charge on any atom is 0.337 e. The standard InChI is InChI=1S/C13H18O5/c1-8(2)18-10-7-5-4-6-9(10)11(14)12(15)13(16)17-3/h4-8,11-12,14-15H,1-3H3.